The van der Waals surface area contributed by atoms with E-state index in [0.717, 1.165) is 38.1 Å². The Morgan fingerprint density at radius 2 is 1.95 bits per heavy atom. The molecule has 0 saturated carbocycles. The highest BCUT2D eigenvalue weighted by Gasteiger charge is 2.19. The van der Waals surface area contributed by atoms with Gasteiger partial charge in [0.1, 0.15) is 18.5 Å². The summed E-state index contributed by atoms with van der Waals surface area (Å²) in [5, 5.41) is 19.6. The van der Waals surface area contributed by atoms with Crippen molar-refractivity contribution in [3.63, 3.8) is 0 Å². The number of fused-ring (bicyclic) bond motifs is 1. The van der Waals surface area contributed by atoms with Crippen LogP contribution in [-0.2, 0) is 12.8 Å². The molecule has 116 valence electrons. The number of aryl methyl sites for hydroxylation is 2. The van der Waals surface area contributed by atoms with E-state index in [9.17, 15) is 10.2 Å². The average Bonchev–Trinajstić information content (AvgIpc) is 2.95. The second kappa shape index (κ2) is 6.77. The summed E-state index contributed by atoms with van der Waals surface area (Å²) in [4.78, 5) is 2.20. The quantitative estimate of drug-likeness (QED) is 0.860. The Bertz CT molecular complexity index is 469. The zero-order valence-corrected chi connectivity index (χ0v) is 12.5. The normalized spacial score (nSPS) is 21.2. The summed E-state index contributed by atoms with van der Waals surface area (Å²) >= 11 is 0. The van der Waals surface area contributed by atoms with E-state index in [2.05, 4.69) is 17.0 Å². The molecule has 21 heavy (non-hydrogen) atoms. The van der Waals surface area contributed by atoms with Crippen LogP contribution in [0.1, 0.15) is 30.4 Å². The van der Waals surface area contributed by atoms with Crippen LogP contribution in [0.3, 0.4) is 0 Å². The summed E-state index contributed by atoms with van der Waals surface area (Å²) in [5.41, 5.74) is 2.83. The van der Waals surface area contributed by atoms with Crippen molar-refractivity contribution in [3.8, 4) is 5.75 Å². The Morgan fingerprint density at radius 1 is 1.19 bits per heavy atom. The Balaban J connectivity index is 1.44. The van der Waals surface area contributed by atoms with E-state index >= 15 is 0 Å². The van der Waals surface area contributed by atoms with Gasteiger partial charge in [0.2, 0.25) is 0 Å². The van der Waals surface area contributed by atoms with E-state index in [-0.39, 0.29) is 6.10 Å². The van der Waals surface area contributed by atoms with E-state index in [1.165, 1.54) is 24.0 Å². The lowest BCUT2D eigenvalue weighted by Gasteiger charge is -2.30. The van der Waals surface area contributed by atoms with Crippen molar-refractivity contribution in [3.05, 3.63) is 29.3 Å². The van der Waals surface area contributed by atoms with Gasteiger partial charge in [-0.05, 0) is 55.4 Å². The lowest BCUT2D eigenvalue weighted by Crippen LogP contribution is -2.41. The van der Waals surface area contributed by atoms with Gasteiger partial charge in [-0.1, -0.05) is 6.07 Å². The smallest absolute Gasteiger partial charge is 0.119 e. The molecule has 0 amide bonds. The first kappa shape index (κ1) is 14.8. The van der Waals surface area contributed by atoms with Gasteiger partial charge in [-0.2, -0.15) is 0 Å². The number of aliphatic hydroxyl groups excluding tert-OH is 2. The number of β-amino-alcohol motifs (C(OH)–C–C–N with tert-alkyl or cyclic N) is 1. The number of aliphatic hydroxyl groups is 2. The van der Waals surface area contributed by atoms with Crippen molar-refractivity contribution in [2.45, 2.75) is 44.3 Å². The van der Waals surface area contributed by atoms with Gasteiger partial charge in [0, 0.05) is 19.6 Å². The van der Waals surface area contributed by atoms with Gasteiger partial charge in [-0.3, -0.25) is 0 Å². The van der Waals surface area contributed by atoms with Gasteiger partial charge in [-0.25, -0.2) is 0 Å². The molecule has 0 radical (unpaired) electrons. The number of piperidine rings is 1. The number of hydrogen-bond acceptors (Lipinski definition) is 4. The van der Waals surface area contributed by atoms with Crippen LogP contribution in [0.2, 0.25) is 0 Å². The van der Waals surface area contributed by atoms with E-state index in [1.54, 1.807) is 0 Å². The third-order valence-corrected chi connectivity index (χ3v) is 4.54. The predicted octanol–water partition coefficient (Wildman–Crippen LogP) is 1.37. The third-order valence-electron chi connectivity index (χ3n) is 4.54. The minimum absolute atomic E-state index is 0.166. The summed E-state index contributed by atoms with van der Waals surface area (Å²) in [6.07, 6.45) is 4.53. The van der Waals surface area contributed by atoms with Crippen molar-refractivity contribution in [2.75, 3.05) is 26.2 Å². The highest BCUT2D eigenvalue weighted by molar-refractivity contribution is 5.38. The number of likely N-dealkylation sites (tertiary alicyclic amines) is 1. The fourth-order valence-corrected chi connectivity index (χ4v) is 3.28. The molecule has 2 aliphatic rings. The molecule has 1 fully saturated rings. The summed E-state index contributed by atoms with van der Waals surface area (Å²) < 4.78 is 5.73. The molecule has 1 heterocycles. The predicted molar refractivity (Wildman–Crippen MR) is 81.6 cm³/mol. The summed E-state index contributed by atoms with van der Waals surface area (Å²) in [6, 6.07) is 6.27. The summed E-state index contributed by atoms with van der Waals surface area (Å²) in [7, 11) is 0. The molecule has 0 spiro atoms. The number of ether oxygens (including phenoxy) is 1. The van der Waals surface area contributed by atoms with Crippen LogP contribution in [-0.4, -0.2) is 53.6 Å². The standard InChI is InChI=1S/C17H25NO3/c19-15-6-8-18(9-7-15)11-16(20)12-21-17-5-4-13-2-1-3-14(13)10-17/h4-5,10,15-16,19-20H,1-3,6-9,11-12H2. The SMILES string of the molecule is OC1CCN(CC(O)COc2ccc3c(c2)CCC3)CC1. The second-order valence-corrected chi connectivity index (χ2v) is 6.28. The van der Waals surface area contributed by atoms with Crippen molar-refractivity contribution >= 4 is 0 Å². The first-order valence-corrected chi connectivity index (χ1v) is 8.04. The lowest BCUT2D eigenvalue weighted by atomic mass is 10.1. The number of benzene rings is 1. The van der Waals surface area contributed by atoms with Crippen LogP contribution < -0.4 is 4.74 Å². The van der Waals surface area contributed by atoms with Gasteiger partial charge >= 0.3 is 0 Å². The highest BCUT2D eigenvalue weighted by atomic mass is 16.5. The number of nitrogens with zero attached hydrogens (tertiary/aromatic N) is 1. The van der Waals surface area contributed by atoms with Crippen LogP contribution in [0.15, 0.2) is 18.2 Å². The molecule has 1 aromatic carbocycles. The topological polar surface area (TPSA) is 52.9 Å². The molecule has 1 atom stereocenters. The van der Waals surface area contributed by atoms with Crippen LogP contribution in [0.4, 0.5) is 0 Å². The zero-order chi connectivity index (χ0) is 14.7. The van der Waals surface area contributed by atoms with Crippen molar-refractivity contribution in [1.82, 2.24) is 4.90 Å². The van der Waals surface area contributed by atoms with Gasteiger partial charge in [0.05, 0.1) is 6.10 Å². The first-order chi connectivity index (χ1) is 10.2. The minimum Gasteiger partial charge on any atom is -0.491 e. The third kappa shape index (κ3) is 3.96. The maximum Gasteiger partial charge on any atom is 0.119 e. The Hall–Kier alpha value is -1.10. The first-order valence-electron chi connectivity index (χ1n) is 8.04. The fraction of sp³-hybridized carbons (Fsp3) is 0.647. The number of hydrogen-bond donors (Lipinski definition) is 2. The molecular formula is C17H25NO3. The van der Waals surface area contributed by atoms with E-state index < -0.39 is 6.10 Å². The summed E-state index contributed by atoms with van der Waals surface area (Å²) in [6.45, 7) is 2.67. The zero-order valence-electron chi connectivity index (χ0n) is 12.5. The average molecular weight is 291 g/mol. The van der Waals surface area contributed by atoms with Crippen molar-refractivity contribution in [1.29, 1.82) is 0 Å². The molecule has 0 aromatic heterocycles. The molecule has 1 aliphatic carbocycles. The highest BCUT2D eigenvalue weighted by Crippen LogP contribution is 2.26. The maximum atomic E-state index is 10.1. The van der Waals surface area contributed by atoms with Crippen molar-refractivity contribution < 1.29 is 14.9 Å². The van der Waals surface area contributed by atoms with Gasteiger partial charge in [0.25, 0.3) is 0 Å². The molecule has 4 nitrogen and oxygen atoms in total. The largest absolute Gasteiger partial charge is 0.491 e. The second-order valence-electron chi connectivity index (χ2n) is 6.28. The number of rotatable bonds is 5. The summed E-state index contributed by atoms with van der Waals surface area (Å²) in [5.74, 6) is 0.865. The molecule has 4 heteroatoms. The molecule has 1 unspecified atom stereocenters. The van der Waals surface area contributed by atoms with Crippen LogP contribution in [0, 0.1) is 0 Å². The van der Waals surface area contributed by atoms with Gasteiger partial charge in [-0.15, -0.1) is 0 Å². The maximum absolute atomic E-state index is 10.1. The van der Waals surface area contributed by atoms with Crippen molar-refractivity contribution in [2.24, 2.45) is 0 Å². The molecule has 2 N–H and O–H groups in total. The van der Waals surface area contributed by atoms with Gasteiger partial charge < -0.3 is 19.8 Å². The molecule has 1 aliphatic heterocycles. The monoisotopic (exact) mass is 291 g/mol. The fourth-order valence-electron chi connectivity index (χ4n) is 3.28. The van der Waals surface area contributed by atoms with E-state index in [1.807, 2.05) is 6.07 Å². The van der Waals surface area contributed by atoms with Gasteiger partial charge in [0.15, 0.2) is 0 Å². The molecular weight excluding hydrogens is 266 g/mol. The Labute approximate surface area is 126 Å². The lowest BCUT2D eigenvalue weighted by molar-refractivity contribution is 0.0337. The molecule has 0 bridgehead atoms. The van der Waals surface area contributed by atoms with Crippen LogP contribution >= 0.6 is 0 Å². The van der Waals surface area contributed by atoms with Crippen LogP contribution in [0.25, 0.3) is 0 Å². The van der Waals surface area contributed by atoms with E-state index in [0.29, 0.717) is 13.2 Å². The minimum atomic E-state index is -0.478. The molecule has 3 rings (SSSR count). The van der Waals surface area contributed by atoms with Crippen LogP contribution in [0.5, 0.6) is 5.75 Å². The Morgan fingerprint density at radius 3 is 2.76 bits per heavy atom. The van der Waals surface area contributed by atoms with E-state index in [4.69, 9.17) is 4.74 Å². The molecule has 1 saturated heterocycles. The Kier molecular flexibility index (Phi) is 4.78. The molecule has 1 aromatic rings.